The maximum absolute atomic E-state index is 14.3. The highest BCUT2D eigenvalue weighted by Gasteiger charge is 2.43. The lowest BCUT2D eigenvalue weighted by Crippen LogP contribution is -2.54. The summed E-state index contributed by atoms with van der Waals surface area (Å²) in [4.78, 5) is 60.9. The van der Waals surface area contributed by atoms with Gasteiger partial charge in [-0.3, -0.25) is 19.2 Å². The highest BCUT2D eigenvalue weighted by molar-refractivity contribution is 5.86. The number of hydrogen-bond donors (Lipinski definition) is 0. The number of likely N-dealkylation sites (N-methyl/N-ethyl adjacent to an activating group) is 1. The van der Waals surface area contributed by atoms with E-state index >= 15 is 0 Å². The Morgan fingerprint density at radius 1 is 0.863 bits per heavy atom. The summed E-state index contributed by atoms with van der Waals surface area (Å²) in [6.07, 6.45) is 2.95. The van der Waals surface area contributed by atoms with Crippen molar-refractivity contribution in [3.63, 3.8) is 0 Å². The summed E-state index contributed by atoms with van der Waals surface area (Å²) in [5, 5.41) is 0. The highest BCUT2D eigenvalue weighted by atomic mass is 16.5. The Morgan fingerprint density at radius 3 is 1.98 bits per heavy atom. The molecule has 1 aliphatic rings. The van der Waals surface area contributed by atoms with Crippen LogP contribution in [0.2, 0.25) is 0 Å². The van der Waals surface area contributed by atoms with E-state index in [-0.39, 0.29) is 84.2 Å². The second-order valence-corrected chi connectivity index (χ2v) is 16.1. The first-order valence-electron chi connectivity index (χ1n) is 19.5. The highest BCUT2D eigenvalue weighted by Crippen LogP contribution is 2.31. The molecule has 1 aliphatic heterocycles. The molecule has 0 N–H and O–H groups in total. The molecule has 0 unspecified atom stereocenters. The molecule has 0 bridgehead atoms. The minimum Gasteiger partial charge on any atom is -0.379 e. The summed E-state index contributed by atoms with van der Waals surface area (Å²) < 4.78 is 12.1. The Labute approximate surface area is 310 Å². The van der Waals surface area contributed by atoms with Crippen LogP contribution in [0.25, 0.3) is 0 Å². The van der Waals surface area contributed by atoms with Crippen molar-refractivity contribution in [2.24, 2.45) is 29.6 Å². The van der Waals surface area contributed by atoms with Crippen molar-refractivity contribution in [2.45, 2.75) is 151 Å². The number of methoxy groups -OCH3 is 2. The second kappa shape index (κ2) is 21.1. The number of Topliss-reactive ketones (excluding diaryl/α,β-unsaturated/α-hetero) is 1. The summed E-state index contributed by atoms with van der Waals surface area (Å²) in [6.45, 7) is 20.8. The van der Waals surface area contributed by atoms with Gasteiger partial charge in [0.05, 0.1) is 30.7 Å². The van der Waals surface area contributed by atoms with Gasteiger partial charge in [0.1, 0.15) is 5.78 Å². The number of rotatable bonds is 21. The normalized spacial score (nSPS) is 19.1. The van der Waals surface area contributed by atoms with Gasteiger partial charge in [-0.1, -0.05) is 78.3 Å². The maximum Gasteiger partial charge on any atom is 0.226 e. The molecular formula is C42H71N3O6. The zero-order valence-corrected chi connectivity index (χ0v) is 34.2. The van der Waals surface area contributed by atoms with E-state index in [9.17, 15) is 19.2 Å². The van der Waals surface area contributed by atoms with E-state index in [1.165, 1.54) is 5.56 Å². The van der Waals surface area contributed by atoms with Gasteiger partial charge in [-0.25, -0.2) is 0 Å². The molecule has 1 heterocycles. The van der Waals surface area contributed by atoms with Crippen molar-refractivity contribution in [1.29, 1.82) is 0 Å². The molecule has 1 aromatic rings. The molecular weight excluding hydrogens is 642 g/mol. The van der Waals surface area contributed by atoms with E-state index in [0.717, 1.165) is 25.7 Å². The summed E-state index contributed by atoms with van der Waals surface area (Å²) in [5.41, 5.74) is 1.22. The first-order valence-corrected chi connectivity index (χ1v) is 19.5. The molecule has 9 nitrogen and oxygen atoms in total. The molecule has 51 heavy (non-hydrogen) atoms. The van der Waals surface area contributed by atoms with E-state index in [2.05, 4.69) is 32.9 Å². The number of hydrogen-bond acceptors (Lipinski definition) is 6. The fraction of sp³-hybridized carbons (Fsp3) is 0.762. The van der Waals surface area contributed by atoms with Gasteiger partial charge in [0, 0.05) is 64.6 Å². The van der Waals surface area contributed by atoms with Gasteiger partial charge in [0.15, 0.2) is 0 Å². The Hall–Kier alpha value is -2.78. The predicted molar refractivity (Wildman–Crippen MR) is 205 cm³/mol. The molecule has 0 radical (unpaired) electrons. The number of carbonyl (C=O) groups is 4. The van der Waals surface area contributed by atoms with E-state index in [4.69, 9.17) is 9.47 Å². The lowest BCUT2D eigenvalue weighted by Gasteiger charge is -2.41. The van der Waals surface area contributed by atoms with Gasteiger partial charge < -0.3 is 24.2 Å². The number of likely N-dealkylation sites (tertiary alicyclic amines) is 1. The largest absolute Gasteiger partial charge is 0.379 e. The molecule has 1 saturated heterocycles. The summed E-state index contributed by atoms with van der Waals surface area (Å²) in [7, 11) is 5.04. The number of ketones is 1. The van der Waals surface area contributed by atoms with Crippen LogP contribution in [0.3, 0.4) is 0 Å². The second-order valence-electron chi connectivity index (χ2n) is 16.1. The Balaban J connectivity index is 2.23. The lowest BCUT2D eigenvalue weighted by molar-refractivity contribution is -0.150. The van der Waals surface area contributed by atoms with Crippen LogP contribution in [0.4, 0.5) is 0 Å². The third-order valence-corrected chi connectivity index (χ3v) is 11.2. The number of ether oxygens (including phenoxy) is 2. The molecule has 0 aliphatic carbocycles. The lowest BCUT2D eigenvalue weighted by atomic mass is 9.85. The molecule has 0 aromatic heterocycles. The van der Waals surface area contributed by atoms with Crippen LogP contribution in [0.1, 0.15) is 113 Å². The molecule has 2 rings (SSSR count). The summed E-state index contributed by atoms with van der Waals surface area (Å²) >= 11 is 0. The Bertz CT molecular complexity index is 1230. The van der Waals surface area contributed by atoms with Crippen LogP contribution in [0.15, 0.2) is 30.3 Å². The van der Waals surface area contributed by atoms with Crippen molar-refractivity contribution in [3.05, 3.63) is 35.9 Å². The quantitative estimate of drug-likeness (QED) is 0.136. The zero-order valence-electron chi connectivity index (χ0n) is 34.2. The molecule has 0 saturated carbocycles. The minimum absolute atomic E-state index is 0.0230. The summed E-state index contributed by atoms with van der Waals surface area (Å²) in [5.74, 6) is -0.701. The molecule has 3 amide bonds. The SMILES string of the molecule is CC[C@H](C)[C@@H]([C@@H](CC(=O)N1CCC[C@H]1[C@H](OC)[C@@H](C)C(=O)C[C@H](C)Cc1ccccc1)OC)N(C)C(=O)[C@@H](CC(=O)N(C(C)C)C(C)C)C(C)C. The predicted octanol–water partition coefficient (Wildman–Crippen LogP) is 7.05. The number of amides is 3. The monoisotopic (exact) mass is 714 g/mol. The fourth-order valence-electron chi connectivity index (χ4n) is 8.29. The molecule has 9 heteroatoms. The minimum atomic E-state index is -0.548. The van der Waals surface area contributed by atoms with Crippen LogP contribution < -0.4 is 0 Å². The van der Waals surface area contributed by atoms with Crippen molar-refractivity contribution >= 4 is 23.5 Å². The first kappa shape index (κ1) is 44.4. The average molecular weight is 714 g/mol. The van der Waals surface area contributed by atoms with E-state index < -0.39 is 18.1 Å². The molecule has 0 spiro atoms. The van der Waals surface area contributed by atoms with Crippen molar-refractivity contribution in [1.82, 2.24) is 14.7 Å². The van der Waals surface area contributed by atoms with Gasteiger partial charge in [-0.2, -0.15) is 0 Å². The number of carbonyl (C=O) groups excluding carboxylic acids is 4. The Morgan fingerprint density at radius 2 is 1.47 bits per heavy atom. The van der Waals surface area contributed by atoms with Gasteiger partial charge in [0.25, 0.3) is 0 Å². The van der Waals surface area contributed by atoms with Crippen LogP contribution in [-0.4, -0.2) is 102 Å². The molecule has 290 valence electrons. The third kappa shape index (κ3) is 12.1. The first-order chi connectivity index (χ1) is 24.0. The standard InChI is InChI=1S/C42H71N3O6/c1-14-31(9)40(43(11)42(49)34(27(2)3)25-39(48)45(28(4)5)29(6)7)37(50-12)26-38(47)44-22-18-21-35(44)41(51-13)32(10)36(46)24-30(8)23-33-19-16-15-17-20-33/h15-17,19-20,27-32,34-35,37,40-41H,14,18,21-26H2,1-13H3/t30-,31+,32+,34+,35+,37-,40+,41-/m1/s1. The van der Waals surface area contributed by atoms with Gasteiger partial charge in [-0.15, -0.1) is 0 Å². The molecule has 1 aromatic carbocycles. The van der Waals surface area contributed by atoms with Crippen molar-refractivity contribution in [2.75, 3.05) is 27.8 Å². The van der Waals surface area contributed by atoms with Crippen LogP contribution in [-0.2, 0) is 35.1 Å². The zero-order chi connectivity index (χ0) is 38.6. The van der Waals surface area contributed by atoms with Gasteiger partial charge in [-0.05, 0) is 70.3 Å². The number of nitrogens with zero attached hydrogens (tertiary/aromatic N) is 3. The van der Waals surface area contributed by atoms with Crippen LogP contribution >= 0.6 is 0 Å². The molecule has 8 atom stereocenters. The van der Waals surface area contributed by atoms with Crippen molar-refractivity contribution in [3.8, 4) is 0 Å². The van der Waals surface area contributed by atoms with Gasteiger partial charge >= 0.3 is 0 Å². The number of benzene rings is 1. The smallest absolute Gasteiger partial charge is 0.226 e. The van der Waals surface area contributed by atoms with E-state index in [1.807, 2.05) is 76.5 Å². The Kier molecular flexibility index (Phi) is 18.3. The van der Waals surface area contributed by atoms with Crippen molar-refractivity contribution < 1.29 is 28.7 Å². The van der Waals surface area contributed by atoms with Gasteiger partial charge in [0.2, 0.25) is 17.7 Å². The van der Waals surface area contributed by atoms with Crippen LogP contribution in [0, 0.1) is 29.6 Å². The van der Waals surface area contributed by atoms with E-state index in [1.54, 1.807) is 26.2 Å². The fourth-order valence-corrected chi connectivity index (χ4v) is 8.29. The average Bonchev–Trinajstić information content (AvgIpc) is 3.56. The summed E-state index contributed by atoms with van der Waals surface area (Å²) in [6, 6.07) is 9.71. The topological polar surface area (TPSA) is 96.5 Å². The maximum atomic E-state index is 14.3. The van der Waals surface area contributed by atoms with E-state index in [0.29, 0.717) is 13.0 Å². The van der Waals surface area contributed by atoms with Crippen LogP contribution in [0.5, 0.6) is 0 Å². The molecule has 1 fully saturated rings. The third-order valence-electron chi connectivity index (χ3n) is 11.2.